The number of amides is 1. The van der Waals surface area contributed by atoms with Crippen LogP contribution in [-0.2, 0) is 9.53 Å². The highest BCUT2D eigenvalue weighted by Gasteiger charge is 2.25. The van der Waals surface area contributed by atoms with Crippen molar-refractivity contribution in [2.45, 2.75) is 32.1 Å². The molecular weight excluding hydrogens is 339 g/mol. The predicted molar refractivity (Wildman–Crippen MR) is 97.2 cm³/mol. The van der Waals surface area contributed by atoms with Crippen LogP contribution in [0.4, 0.5) is 4.39 Å². The minimum atomic E-state index is -0.281. The molecule has 3 atom stereocenters. The summed E-state index contributed by atoms with van der Waals surface area (Å²) in [5, 5.41) is 5.07. The van der Waals surface area contributed by atoms with Crippen LogP contribution in [0, 0.1) is 5.82 Å². The number of carbonyl (C=O) groups is 1. The molecule has 134 valence electrons. The quantitative estimate of drug-likeness (QED) is 0.888. The van der Waals surface area contributed by atoms with Gasteiger partial charge in [0.15, 0.2) is 0 Å². The fraction of sp³-hybridized carbons (Fsp3) is 0.421. The number of halogens is 1. The summed E-state index contributed by atoms with van der Waals surface area (Å²) in [5.74, 6) is -0.319. The summed E-state index contributed by atoms with van der Waals surface area (Å²) in [6, 6.07) is 9.97. The Balaban J connectivity index is 1.70. The van der Waals surface area contributed by atoms with E-state index in [-0.39, 0.29) is 30.0 Å². The number of ether oxygens (including phenoxy) is 1. The van der Waals surface area contributed by atoms with Gasteiger partial charge in [-0.15, -0.1) is 11.3 Å². The van der Waals surface area contributed by atoms with Gasteiger partial charge in [-0.05, 0) is 43.0 Å². The monoisotopic (exact) mass is 362 g/mol. The molecule has 1 amide bonds. The lowest BCUT2D eigenvalue weighted by atomic mass is 10.1. The third-order valence-corrected chi connectivity index (χ3v) is 5.14. The number of thiophene rings is 1. The molecule has 3 rings (SSSR count). The van der Waals surface area contributed by atoms with Gasteiger partial charge in [0.05, 0.1) is 24.8 Å². The zero-order valence-electron chi connectivity index (χ0n) is 14.4. The number of nitrogens with zero attached hydrogens (tertiary/aromatic N) is 1. The molecule has 1 aromatic heterocycles. The zero-order valence-corrected chi connectivity index (χ0v) is 15.3. The minimum Gasteiger partial charge on any atom is -0.373 e. The van der Waals surface area contributed by atoms with Gasteiger partial charge in [0.1, 0.15) is 5.82 Å². The van der Waals surface area contributed by atoms with Gasteiger partial charge >= 0.3 is 0 Å². The minimum absolute atomic E-state index is 0.0379. The topological polar surface area (TPSA) is 41.6 Å². The second-order valence-corrected chi connectivity index (χ2v) is 7.50. The van der Waals surface area contributed by atoms with Gasteiger partial charge in [-0.3, -0.25) is 9.69 Å². The molecule has 0 saturated carbocycles. The Morgan fingerprint density at radius 1 is 1.28 bits per heavy atom. The second-order valence-electron chi connectivity index (χ2n) is 6.52. The van der Waals surface area contributed by atoms with Gasteiger partial charge in [0.2, 0.25) is 5.91 Å². The van der Waals surface area contributed by atoms with E-state index in [0.717, 1.165) is 23.5 Å². The van der Waals surface area contributed by atoms with E-state index in [4.69, 9.17) is 4.74 Å². The predicted octanol–water partition coefficient (Wildman–Crippen LogP) is 3.20. The van der Waals surface area contributed by atoms with Crippen molar-refractivity contribution >= 4 is 17.2 Å². The van der Waals surface area contributed by atoms with Crippen LogP contribution in [0.5, 0.6) is 0 Å². The Bertz CT molecular complexity index is 680. The lowest BCUT2D eigenvalue weighted by molar-refractivity contribution is -0.126. The maximum atomic E-state index is 13.2. The van der Waals surface area contributed by atoms with E-state index in [1.54, 1.807) is 23.5 Å². The van der Waals surface area contributed by atoms with Crippen LogP contribution in [-0.4, -0.2) is 42.6 Å². The number of rotatable bonds is 5. The Labute approximate surface area is 151 Å². The fourth-order valence-electron chi connectivity index (χ4n) is 3.25. The summed E-state index contributed by atoms with van der Waals surface area (Å²) in [5.41, 5.74) is 0.876. The van der Waals surface area contributed by atoms with Crippen LogP contribution >= 0.6 is 11.3 Å². The number of hydrogen-bond acceptors (Lipinski definition) is 4. The molecule has 1 aliphatic heterocycles. The van der Waals surface area contributed by atoms with Crippen LogP contribution in [0.3, 0.4) is 0 Å². The molecule has 1 aliphatic rings. The van der Waals surface area contributed by atoms with Crippen molar-refractivity contribution in [1.82, 2.24) is 10.2 Å². The molecule has 0 unspecified atom stereocenters. The summed E-state index contributed by atoms with van der Waals surface area (Å²) in [4.78, 5) is 15.8. The van der Waals surface area contributed by atoms with Crippen molar-refractivity contribution in [2.24, 2.45) is 0 Å². The summed E-state index contributed by atoms with van der Waals surface area (Å²) in [6.07, 6.45) is 0.253. The van der Waals surface area contributed by atoms with Crippen LogP contribution in [0.15, 0.2) is 41.8 Å². The van der Waals surface area contributed by atoms with Gasteiger partial charge in [-0.1, -0.05) is 18.2 Å². The molecule has 0 aliphatic carbocycles. The third kappa shape index (κ3) is 4.87. The van der Waals surface area contributed by atoms with E-state index >= 15 is 0 Å². The average Bonchev–Trinajstić information content (AvgIpc) is 3.06. The number of benzene rings is 1. The van der Waals surface area contributed by atoms with Crippen molar-refractivity contribution in [3.05, 3.63) is 58.0 Å². The molecule has 25 heavy (non-hydrogen) atoms. The van der Waals surface area contributed by atoms with Gasteiger partial charge in [-0.2, -0.15) is 0 Å². The molecule has 4 nitrogen and oxygen atoms in total. The lowest BCUT2D eigenvalue weighted by Crippen LogP contribution is -2.49. The maximum Gasteiger partial charge on any atom is 0.234 e. The summed E-state index contributed by atoms with van der Waals surface area (Å²) in [7, 11) is 0. The Morgan fingerprint density at radius 3 is 2.56 bits per heavy atom. The zero-order chi connectivity index (χ0) is 17.8. The Kier molecular flexibility index (Phi) is 5.83. The van der Waals surface area contributed by atoms with Gasteiger partial charge in [0, 0.05) is 18.0 Å². The van der Waals surface area contributed by atoms with Crippen LogP contribution in [0.1, 0.15) is 30.3 Å². The number of morpholine rings is 1. The van der Waals surface area contributed by atoms with Crippen molar-refractivity contribution in [3.63, 3.8) is 0 Å². The first-order chi connectivity index (χ1) is 12.0. The van der Waals surface area contributed by atoms with E-state index < -0.39 is 0 Å². The summed E-state index contributed by atoms with van der Waals surface area (Å²) >= 11 is 1.58. The molecular formula is C19H23FN2O2S. The number of carbonyl (C=O) groups excluding carboxylic acids is 1. The van der Waals surface area contributed by atoms with Gasteiger partial charge in [0.25, 0.3) is 0 Å². The first kappa shape index (κ1) is 18.0. The summed E-state index contributed by atoms with van der Waals surface area (Å²) < 4.78 is 18.9. The van der Waals surface area contributed by atoms with Gasteiger partial charge < -0.3 is 10.1 Å². The fourth-order valence-corrected chi connectivity index (χ4v) is 4.06. The smallest absolute Gasteiger partial charge is 0.234 e. The van der Waals surface area contributed by atoms with Crippen LogP contribution in [0.25, 0.3) is 0 Å². The largest absolute Gasteiger partial charge is 0.373 e. The highest BCUT2D eigenvalue weighted by Crippen LogP contribution is 2.26. The molecule has 0 spiro atoms. The molecule has 1 fully saturated rings. The van der Waals surface area contributed by atoms with E-state index in [1.165, 1.54) is 12.1 Å². The maximum absolute atomic E-state index is 13.2. The number of nitrogens with one attached hydrogen (secondary N) is 1. The molecule has 2 aromatic rings. The highest BCUT2D eigenvalue weighted by molar-refractivity contribution is 7.10. The van der Waals surface area contributed by atoms with Crippen LogP contribution in [0.2, 0.25) is 0 Å². The lowest BCUT2D eigenvalue weighted by Gasteiger charge is -2.35. The molecule has 1 N–H and O–H groups in total. The van der Waals surface area contributed by atoms with Crippen molar-refractivity contribution in [3.8, 4) is 0 Å². The Morgan fingerprint density at radius 2 is 1.96 bits per heavy atom. The van der Waals surface area contributed by atoms with Crippen molar-refractivity contribution in [2.75, 3.05) is 19.6 Å². The molecule has 1 saturated heterocycles. The van der Waals surface area contributed by atoms with E-state index in [1.807, 2.05) is 31.4 Å². The van der Waals surface area contributed by atoms with Crippen molar-refractivity contribution in [1.29, 1.82) is 0 Å². The van der Waals surface area contributed by atoms with Crippen molar-refractivity contribution < 1.29 is 13.9 Å². The second kappa shape index (κ2) is 8.08. The molecule has 6 heteroatoms. The Hall–Kier alpha value is -1.76. The standard InChI is InChI=1S/C19H23FN2O2S/c1-13-10-22(11-14(2)24-13)12-18(23)21-19(17-4-3-9-25-17)15-5-7-16(20)8-6-15/h3-9,13-14,19H,10-12H2,1-2H3,(H,21,23)/t13-,14+,19-/m0/s1. The average molecular weight is 362 g/mol. The van der Waals surface area contributed by atoms with E-state index in [2.05, 4.69) is 10.2 Å². The summed E-state index contributed by atoms with van der Waals surface area (Å²) in [6.45, 7) is 5.87. The first-order valence-corrected chi connectivity index (χ1v) is 9.35. The number of hydrogen-bond donors (Lipinski definition) is 1. The normalized spacial score (nSPS) is 22.5. The SMILES string of the molecule is C[C@@H]1CN(CC(=O)N[C@@H](c2ccc(F)cc2)c2cccs2)C[C@H](C)O1. The first-order valence-electron chi connectivity index (χ1n) is 8.47. The molecule has 0 radical (unpaired) electrons. The molecule has 2 heterocycles. The highest BCUT2D eigenvalue weighted by atomic mass is 32.1. The van der Waals surface area contributed by atoms with Crippen LogP contribution < -0.4 is 5.32 Å². The molecule has 1 aromatic carbocycles. The third-order valence-electron chi connectivity index (χ3n) is 4.20. The molecule has 0 bridgehead atoms. The van der Waals surface area contributed by atoms with E-state index in [9.17, 15) is 9.18 Å². The van der Waals surface area contributed by atoms with E-state index in [0.29, 0.717) is 6.54 Å². The van der Waals surface area contributed by atoms with Gasteiger partial charge in [-0.25, -0.2) is 4.39 Å².